The Labute approximate surface area is 94.9 Å². The van der Waals surface area contributed by atoms with E-state index in [0.717, 1.165) is 0 Å². The third-order valence-electron chi connectivity index (χ3n) is 2.30. The van der Waals surface area contributed by atoms with E-state index in [4.69, 9.17) is 5.11 Å². The Morgan fingerprint density at radius 1 is 1.38 bits per heavy atom. The molecule has 16 heavy (non-hydrogen) atoms. The number of hydrogen-bond donors (Lipinski definition) is 3. The van der Waals surface area contributed by atoms with Gasteiger partial charge in [-0.15, -0.1) is 0 Å². The summed E-state index contributed by atoms with van der Waals surface area (Å²) < 4.78 is 0. The second-order valence-corrected chi connectivity index (χ2v) is 4.52. The van der Waals surface area contributed by atoms with Crippen molar-refractivity contribution in [1.29, 1.82) is 0 Å². The van der Waals surface area contributed by atoms with Crippen LogP contribution in [0.1, 0.15) is 24.2 Å². The van der Waals surface area contributed by atoms with Crippen LogP contribution < -0.4 is 5.32 Å². The zero-order valence-corrected chi connectivity index (χ0v) is 9.53. The van der Waals surface area contributed by atoms with Gasteiger partial charge in [-0.1, -0.05) is 26.0 Å². The van der Waals surface area contributed by atoms with Crippen LogP contribution in [0.4, 0.5) is 0 Å². The largest absolute Gasteiger partial charge is 0.507 e. The molecule has 1 aromatic carbocycles. The number of aliphatic hydroxyl groups excluding tert-OH is 1. The molecule has 0 spiro atoms. The van der Waals surface area contributed by atoms with E-state index in [1.54, 1.807) is 18.2 Å². The summed E-state index contributed by atoms with van der Waals surface area (Å²) in [7, 11) is 0. The average molecular weight is 223 g/mol. The molecular formula is C12H17NO3. The first-order valence-corrected chi connectivity index (χ1v) is 5.13. The maximum absolute atomic E-state index is 11.7. The van der Waals surface area contributed by atoms with Crippen LogP contribution in [0, 0.1) is 5.41 Å². The van der Waals surface area contributed by atoms with Crippen molar-refractivity contribution in [3.05, 3.63) is 29.8 Å². The second-order valence-electron chi connectivity index (χ2n) is 4.52. The fourth-order valence-electron chi connectivity index (χ4n) is 1.14. The van der Waals surface area contributed by atoms with Crippen molar-refractivity contribution in [3.8, 4) is 5.75 Å². The van der Waals surface area contributed by atoms with Crippen molar-refractivity contribution in [1.82, 2.24) is 5.32 Å². The van der Waals surface area contributed by atoms with Crippen LogP contribution in [0.5, 0.6) is 5.75 Å². The molecule has 0 heterocycles. The van der Waals surface area contributed by atoms with Crippen molar-refractivity contribution in [2.24, 2.45) is 5.41 Å². The van der Waals surface area contributed by atoms with E-state index < -0.39 is 0 Å². The standard InChI is InChI=1S/C12H17NO3/c1-12(2,8-14)7-13-11(16)9-5-3-4-6-10(9)15/h3-6,14-15H,7-8H2,1-2H3,(H,13,16). The molecule has 0 unspecified atom stereocenters. The van der Waals surface area contributed by atoms with E-state index in [-0.39, 0.29) is 29.2 Å². The minimum absolute atomic E-state index is 0.00590. The molecule has 3 N–H and O–H groups in total. The van der Waals surface area contributed by atoms with Crippen LogP contribution in [-0.4, -0.2) is 29.3 Å². The normalized spacial score (nSPS) is 11.2. The monoisotopic (exact) mass is 223 g/mol. The highest BCUT2D eigenvalue weighted by Gasteiger charge is 2.18. The van der Waals surface area contributed by atoms with Crippen molar-refractivity contribution in [2.45, 2.75) is 13.8 Å². The first-order valence-electron chi connectivity index (χ1n) is 5.13. The maximum atomic E-state index is 11.7. The van der Waals surface area contributed by atoms with Gasteiger partial charge in [0.25, 0.3) is 5.91 Å². The molecule has 0 aliphatic rings. The number of aliphatic hydroxyl groups is 1. The number of phenols is 1. The van der Waals surface area contributed by atoms with Crippen LogP contribution in [0.25, 0.3) is 0 Å². The van der Waals surface area contributed by atoms with Crippen molar-refractivity contribution >= 4 is 5.91 Å². The molecular weight excluding hydrogens is 206 g/mol. The third-order valence-corrected chi connectivity index (χ3v) is 2.30. The number of rotatable bonds is 4. The van der Waals surface area contributed by atoms with Crippen LogP contribution in [0.15, 0.2) is 24.3 Å². The number of benzene rings is 1. The summed E-state index contributed by atoms with van der Waals surface area (Å²) >= 11 is 0. The van der Waals surface area contributed by atoms with Crippen LogP contribution in [0.3, 0.4) is 0 Å². The van der Waals surface area contributed by atoms with Crippen LogP contribution >= 0.6 is 0 Å². The Hall–Kier alpha value is -1.55. The molecule has 0 aliphatic heterocycles. The van der Waals surface area contributed by atoms with Crippen molar-refractivity contribution in [3.63, 3.8) is 0 Å². The van der Waals surface area contributed by atoms with E-state index >= 15 is 0 Å². The Morgan fingerprint density at radius 2 is 2.00 bits per heavy atom. The summed E-state index contributed by atoms with van der Waals surface area (Å²) in [5.74, 6) is -0.374. The zero-order valence-electron chi connectivity index (χ0n) is 9.53. The minimum Gasteiger partial charge on any atom is -0.507 e. The molecule has 4 nitrogen and oxygen atoms in total. The molecule has 0 bridgehead atoms. The van der Waals surface area contributed by atoms with Gasteiger partial charge in [-0.05, 0) is 12.1 Å². The molecule has 1 aromatic rings. The van der Waals surface area contributed by atoms with Crippen LogP contribution in [-0.2, 0) is 0 Å². The number of aromatic hydroxyl groups is 1. The summed E-state index contributed by atoms with van der Waals surface area (Å²) in [5.41, 5.74) is -0.115. The first-order chi connectivity index (χ1) is 7.46. The smallest absolute Gasteiger partial charge is 0.255 e. The third kappa shape index (κ3) is 3.24. The molecule has 1 amide bonds. The molecule has 0 radical (unpaired) electrons. The van der Waals surface area contributed by atoms with Crippen molar-refractivity contribution < 1.29 is 15.0 Å². The molecule has 88 valence electrons. The lowest BCUT2D eigenvalue weighted by molar-refractivity contribution is 0.0908. The molecule has 1 rings (SSSR count). The SMILES string of the molecule is CC(C)(CO)CNC(=O)c1ccccc1O. The lowest BCUT2D eigenvalue weighted by Gasteiger charge is -2.21. The molecule has 0 aromatic heterocycles. The Morgan fingerprint density at radius 3 is 2.56 bits per heavy atom. The van der Waals surface area contributed by atoms with Gasteiger partial charge in [-0.25, -0.2) is 0 Å². The lowest BCUT2D eigenvalue weighted by Crippen LogP contribution is -2.36. The van der Waals surface area contributed by atoms with E-state index in [2.05, 4.69) is 5.32 Å². The number of carbonyl (C=O) groups excluding carboxylic acids is 1. The summed E-state index contributed by atoms with van der Waals surface area (Å²) in [6.45, 7) is 4.04. The first kappa shape index (κ1) is 12.5. The highest BCUT2D eigenvalue weighted by atomic mass is 16.3. The van der Waals surface area contributed by atoms with Gasteiger partial charge in [0.15, 0.2) is 0 Å². The van der Waals surface area contributed by atoms with Gasteiger partial charge in [-0.3, -0.25) is 4.79 Å². The van der Waals surface area contributed by atoms with Gasteiger partial charge in [-0.2, -0.15) is 0 Å². The van der Waals surface area contributed by atoms with Crippen LogP contribution in [0.2, 0.25) is 0 Å². The maximum Gasteiger partial charge on any atom is 0.255 e. The predicted molar refractivity (Wildman–Crippen MR) is 61.3 cm³/mol. The van der Waals surface area contributed by atoms with Gasteiger partial charge < -0.3 is 15.5 Å². The number of para-hydroxylation sites is 1. The highest BCUT2D eigenvalue weighted by molar-refractivity contribution is 5.96. The average Bonchev–Trinajstić information content (AvgIpc) is 2.27. The van der Waals surface area contributed by atoms with E-state index in [9.17, 15) is 9.90 Å². The van der Waals surface area contributed by atoms with E-state index in [1.165, 1.54) is 6.07 Å². The summed E-state index contributed by atoms with van der Waals surface area (Å²) in [5, 5.41) is 21.2. The highest BCUT2D eigenvalue weighted by Crippen LogP contribution is 2.16. The zero-order chi connectivity index (χ0) is 12.2. The fraction of sp³-hybridized carbons (Fsp3) is 0.417. The number of hydrogen-bond acceptors (Lipinski definition) is 3. The van der Waals surface area contributed by atoms with E-state index in [1.807, 2.05) is 13.8 Å². The van der Waals surface area contributed by atoms with Gasteiger partial charge in [0, 0.05) is 18.6 Å². The van der Waals surface area contributed by atoms with Gasteiger partial charge in [0.1, 0.15) is 5.75 Å². The van der Waals surface area contributed by atoms with Crippen molar-refractivity contribution in [2.75, 3.05) is 13.2 Å². The Balaban J connectivity index is 2.64. The molecule has 0 saturated heterocycles. The van der Waals surface area contributed by atoms with Gasteiger partial charge in [0.05, 0.1) is 5.56 Å². The Kier molecular flexibility index (Phi) is 3.90. The summed E-state index contributed by atoms with van der Waals surface area (Å²) in [4.78, 5) is 11.7. The lowest BCUT2D eigenvalue weighted by atomic mass is 9.95. The molecule has 0 atom stereocenters. The molecule has 0 saturated carbocycles. The number of nitrogens with one attached hydrogen (secondary N) is 1. The summed E-state index contributed by atoms with van der Waals surface area (Å²) in [6, 6.07) is 6.36. The van der Waals surface area contributed by atoms with Gasteiger partial charge in [0.2, 0.25) is 0 Å². The number of carbonyl (C=O) groups is 1. The predicted octanol–water partition coefficient (Wildman–Crippen LogP) is 1.14. The number of amides is 1. The fourth-order valence-corrected chi connectivity index (χ4v) is 1.14. The summed E-state index contributed by atoms with van der Waals surface area (Å²) in [6.07, 6.45) is 0. The molecule has 0 aliphatic carbocycles. The molecule has 0 fully saturated rings. The van der Waals surface area contributed by atoms with E-state index in [0.29, 0.717) is 6.54 Å². The topological polar surface area (TPSA) is 69.6 Å². The second kappa shape index (κ2) is 4.99. The Bertz CT molecular complexity index is 374. The van der Waals surface area contributed by atoms with Gasteiger partial charge >= 0.3 is 0 Å². The minimum atomic E-state index is -0.361. The quantitative estimate of drug-likeness (QED) is 0.717. The molecule has 4 heteroatoms. The number of phenolic OH excluding ortho intramolecular Hbond substituents is 1.